The molecule has 0 atom stereocenters. The quantitative estimate of drug-likeness (QED) is 0.405. The second-order valence-corrected chi connectivity index (χ2v) is 5.61. The number of hydrogen-bond donors (Lipinski definition) is 1. The van der Waals surface area contributed by atoms with Crippen molar-refractivity contribution < 1.29 is 19.6 Å². The number of benzene rings is 3. The van der Waals surface area contributed by atoms with Crippen LogP contribution in [0.25, 0.3) is 0 Å². The zero-order valence-electron chi connectivity index (χ0n) is 14.0. The van der Waals surface area contributed by atoms with Crippen LogP contribution in [-0.2, 0) is 0 Å². The van der Waals surface area contributed by atoms with Crippen LogP contribution in [-0.4, -0.2) is 21.9 Å². The molecule has 0 aliphatic carbocycles. The molecular weight excluding hydrogens is 348 g/mol. The number of para-hydroxylation sites is 1. The van der Waals surface area contributed by atoms with Crippen LogP contribution in [0.1, 0.15) is 15.9 Å². The minimum Gasteiger partial charge on any atom is -0.464 e. The lowest BCUT2D eigenvalue weighted by Crippen LogP contribution is -2.24. The molecule has 0 saturated heterocycles. The molecule has 0 aromatic heterocycles. The molecule has 27 heavy (non-hydrogen) atoms. The summed E-state index contributed by atoms with van der Waals surface area (Å²) in [7, 11) is 0. The molecule has 1 amide bonds. The Morgan fingerprint density at radius 2 is 1.44 bits per heavy atom. The Hall–Kier alpha value is -4.00. The summed E-state index contributed by atoms with van der Waals surface area (Å²) in [6.07, 6.45) is -1.27. The van der Waals surface area contributed by atoms with Crippen LogP contribution in [0.4, 0.5) is 21.9 Å². The third kappa shape index (κ3) is 3.67. The minimum absolute atomic E-state index is 0.138. The van der Waals surface area contributed by atoms with Gasteiger partial charge in [-0.25, -0.2) is 9.69 Å². The zero-order chi connectivity index (χ0) is 19.4. The fourth-order valence-electron chi connectivity index (χ4n) is 2.70. The number of rotatable bonds is 5. The average molecular weight is 362 g/mol. The predicted octanol–water partition coefficient (Wildman–Crippen LogP) is 4.64. The van der Waals surface area contributed by atoms with E-state index in [2.05, 4.69) is 0 Å². The molecule has 0 heterocycles. The number of nitro groups is 1. The lowest BCUT2D eigenvalue weighted by molar-refractivity contribution is -0.385. The summed E-state index contributed by atoms with van der Waals surface area (Å²) in [5.74, 6) is -0.553. The lowest BCUT2D eigenvalue weighted by Gasteiger charge is -2.20. The highest BCUT2D eigenvalue weighted by Crippen LogP contribution is 2.31. The normalized spacial score (nSPS) is 10.2. The van der Waals surface area contributed by atoms with Crippen molar-refractivity contribution >= 4 is 28.9 Å². The van der Waals surface area contributed by atoms with Crippen molar-refractivity contribution in [2.24, 2.45) is 0 Å². The van der Waals surface area contributed by atoms with Gasteiger partial charge in [0.05, 0.1) is 16.3 Å². The largest absolute Gasteiger partial charge is 0.464 e. The van der Waals surface area contributed by atoms with E-state index >= 15 is 0 Å². The summed E-state index contributed by atoms with van der Waals surface area (Å²) < 4.78 is 0. The second-order valence-electron chi connectivity index (χ2n) is 5.61. The van der Waals surface area contributed by atoms with Crippen LogP contribution in [0.2, 0.25) is 0 Å². The van der Waals surface area contributed by atoms with E-state index in [0.29, 0.717) is 5.69 Å². The van der Waals surface area contributed by atoms with Crippen molar-refractivity contribution in [3.8, 4) is 0 Å². The number of hydrogen-bond acceptors (Lipinski definition) is 4. The third-order valence-electron chi connectivity index (χ3n) is 3.92. The number of nitrogens with zero attached hydrogens (tertiary/aromatic N) is 2. The molecule has 0 aliphatic heterocycles. The highest BCUT2D eigenvalue weighted by atomic mass is 16.6. The second kappa shape index (κ2) is 7.49. The van der Waals surface area contributed by atoms with Gasteiger partial charge in [-0.2, -0.15) is 0 Å². The summed E-state index contributed by atoms with van der Waals surface area (Å²) in [5, 5.41) is 21.0. The maximum atomic E-state index is 12.8. The van der Waals surface area contributed by atoms with Gasteiger partial charge in [0.15, 0.2) is 5.78 Å². The summed E-state index contributed by atoms with van der Waals surface area (Å²) in [5.41, 5.74) is 0.215. The molecule has 0 saturated carbocycles. The monoisotopic (exact) mass is 362 g/mol. The summed E-state index contributed by atoms with van der Waals surface area (Å²) in [6, 6.07) is 20.1. The fraction of sp³-hybridized carbons (Fsp3) is 0. The Labute approximate surface area is 154 Å². The minimum atomic E-state index is -1.27. The molecule has 1 N–H and O–H groups in total. The molecule has 7 nitrogen and oxygen atoms in total. The van der Waals surface area contributed by atoms with E-state index in [-0.39, 0.29) is 22.5 Å². The number of nitro benzene ring substituents is 1. The molecule has 0 spiro atoms. The van der Waals surface area contributed by atoms with Gasteiger partial charge in [0.2, 0.25) is 0 Å². The third-order valence-corrected chi connectivity index (χ3v) is 3.92. The standard InChI is InChI=1S/C20H14N2O5/c23-19(14-7-3-1-4-8-14)17-13-16(11-12-18(17)22(26)27)21(20(24)25)15-9-5-2-6-10-15/h1-13H,(H,24,25). The first-order valence-electron chi connectivity index (χ1n) is 7.95. The van der Waals surface area contributed by atoms with Crippen molar-refractivity contribution in [3.05, 3.63) is 100 Å². The number of carbonyl (C=O) groups excluding carboxylic acids is 1. The van der Waals surface area contributed by atoms with Gasteiger partial charge in [-0.15, -0.1) is 0 Å². The van der Waals surface area contributed by atoms with Crippen LogP contribution in [0.5, 0.6) is 0 Å². The highest BCUT2D eigenvalue weighted by Gasteiger charge is 2.25. The van der Waals surface area contributed by atoms with Gasteiger partial charge in [0.1, 0.15) is 5.56 Å². The maximum absolute atomic E-state index is 12.8. The lowest BCUT2D eigenvalue weighted by atomic mass is 10.0. The molecule has 3 rings (SSSR count). The van der Waals surface area contributed by atoms with E-state index in [9.17, 15) is 24.8 Å². The first kappa shape index (κ1) is 17.8. The van der Waals surface area contributed by atoms with E-state index < -0.39 is 16.8 Å². The Morgan fingerprint density at radius 1 is 0.852 bits per heavy atom. The van der Waals surface area contributed by atoms with Crippen molar-refractivity contribution in [3.63, 3.8) is 0 Å². The highest BCUT2D eigenvalue weighted by molar-refractivity contribution is 6.12. The van der Waals surface area contributed by atoms with E-state index in [4.69, 9.17) is 0 Å². The van der Waals surface area contributed by atoms with E-state index in [1.165, 1.54) is 12.1 Å². The van der Waals surface area contributed by atoms with Crippen LogP contribution in [0.3, 0.4) is 0 Å². The van der Waals surface area contributed by atoms with Crippen LogP contribution in [0.15, 0.2) is 78.9 Å². The number of anilines is 2. The smallest absolute Gasteiger partial charge is 0.416 e. The summed E-state index contributed by atoms with van der Waals surface area (Å²) in [6.45, 7) is 0. The Bertz CT molecular complexity index is 1000. The first-order valence-corrected chi connectivity index (χ1v) is 7.95. The Balaban J connectivity index is 2.14. The number of amides is 1. The number of carbonyl (C=O) groups is 2. The number of ketones is 1. The number of carboxylic acid groups (broad SMARTS) is 1. The molecule has 0 bridgehead atoms. The van der Waals surface area contributed by atoms with Crippen molar-refractivity contribution in [2.75, 3.05) is 4.90 Å². The van der Waals surface area contributed by atoms with Gasteiger partial charge in [0, 0.05) is 11.6 Å². The van der Waals surface area contributed by atoms with Crippen molar-refractivity contribution in [1.82, 2.24) is 0 Å². The first-order chi connectivity index (χ1) is 13.0. The van der Waals surface area contributed by atoms with Gasteiger partial charge in [-0.05, 0) is 24.3 Å². The Morgan fingerprint density at radius 3 is 2.00 bits per heavy atom. The molecule has 134 valence electrons. The SMILES string of the molecule is O=C(c1ccccc1)c1cc(N(C(=O)O)c2ccccc2)ccc1[N+](=O)[O-]. The molecule has 7 heteroatoms. The van der Waals surface area contributed by atoms with Gasteiger partial charge >= 0.3 is 6.09 Å². The van der Waals surface area contributed by atoms with Crippen molar-refractivity contribution in [1.29, 1.82) is 0 Å². The molecule has 0 unspecified atom stereocenters. The van der Waals surface area contributed by atoms with Crippen molar-refractivity contribution in [2.45, 2.75) is 0 Å². The average Bonchev–Trinajstić information content (AvgIpc) is 2.68. The van der Waals surface area contributed by atoms with Crippen LogP contribution >= 0.6 is 0 Å². The van der Waals surface area contributed by atoms with E-state index in [0.717, 1.165) is 11.0 Å². The predicted molar refractivity (Wildman–Crippen MR) is 99.6 cm³/mol. The summed E-state index contributed by atoms with van der Waals surface area (Å²) >= 11 is 0. The maximum Gasteiger partial charge on any atom is 0.416 e. The van der Waals surface area contributed by atoms with E-state index in [1.807, 2.05) is 0 Å². The van der Waals surface area contributed by atoms with Gasteiger partial charge in [-0.1, -0.05) is 48.5 Å². The Kier molecular flexibility index (Phi) is 4.94. The van der Waals surface area contributed by atoms with Gasteiger partial charge in [-0.3, -0.25) is 14.9 Å². The van der Waals surface area contributed by atoms with Gasteiger partial charge in [0.25, 0.3) is 5.69 Å². The van der Waals surface area contributed by atoms with Crippen LogP contribution < -0.4 is 4.90 Å². The van der Waals surface area contributed by atoms with Crippen LogP contribution in [0, 0.1) is 10.1 Å². The zero-order valence-corrected chi connectivity index (χ0v) is 14.0. The molecule has 0 aliphatic rings. The molecule has 0 radical (unpaired) electrons. The molecular formula is C20H14N2O5. The van der Waals surface area contributed by atoms with Gasteiger partial charge < -0.3 is 5.11 Å². The summed E-state index contributed by atoms with van der Waals surface area (Å²) in [4.78, 5) is 36.2. The molecule has 3 aromatic rings. The molecule has 3 aromatic carbocycles. The van der Waals surface area contributed by atoms with E-state index in [1.54, 1.807) is 60.7 Å². The fourth-order valence-corrected chi connectivity index (χ4v) is 2.70. The molecule has 0 fully saturated rings. The topological polar surface area (TPSA) is 101 Å².